The number of aromatic nitrogens is 2. The van der Waals surface area contributed by atoms with E-state index in [1.165, 1.54) is 0 Å². The van der Waals surface area contributed by atoms with Crippen LogP contribution in [0.4, 0.5) is 5.82 Å². The number of carbonyl (C=O) groups is 1. The molecule has 0 aromatic carbocycles. The van der Waals surface area contributed by atoms with Crippen LogP contribution in [0.5, 0.6) is 0 Å². The Labute approximate surface area is 117 Å². The van der Waals surface area contributed by atoms with E-state index in [1.807, 2.05) is 30.1 Å². The zero-order chi connectivity index (χ0) is 14.4. The van der Waals surface area contributed by atoms with Gasteiger partial charge in [0.15, 0.2) is 0 Å². The number of nitrogens with zero attached hydrogens (tertiary/aromatic N) is 3. The van der Waals surface area contributed by atoms with Gasteiger partial charge in [-0.25, -0.2) is 9.78 Å². The first kappa shape index (κ1) is 13.7. The van der Waals surface area contributed by atoms with Gasteiger partial charge in [0.1, 0.15) is 5.82 Å². The average Bonchev–Trinajstić information content (AvgIpc) is 2.46. The van der Waals surface area contributed by atoms with E-state index in [1.54, 1.807) is 30.7 Å². The van der Waals surface area contributed by atoms with E-state index >= 15 is 0 Å². The number of hydrogen-bond donors (Lipinski definition) is 1. The normalized spacial score (nSPS) is 10.7. The zero-order valence-electron chi connectivity index (χ0n) is 11.1. The number of hydrogen-bond acceptors (Lipinski definition) is 4. The van der Waals surface area contributed by atoms with Gasteiger partial charge in [-0.1, -0.05) is 0 Å². The fourth-order valence-corrected chi connectivity index (χ4v) is 1.86. The fraction of sp³-hybridized carbons (Fsp3) is 0.133. The Bertz CT molecular complexity index is 612. The van der Waals surface area contributed by atoms with Crippen LogP contribution in [0, 0.1) is 0 Å². The van der Waals surface area contributed by atoms with E-state index in [4.69, 9.17) is 5.11 Å². The topological polar surface area (TPSA) is 66.3 Å². The molecule has 1 N–H and O–H groups in total. The standard InChI is InChI=1S/C15H15N3O2/c1-18(11-12-6-9-16-10-7-12)15-13(3-2-8-17-15)4-5-14(19)20/h2-10H,11H2,1H3,(H,19,20)/b5-4+. The number of aliphatic carboxylic acids is 1. The molecule has 0 atom stereocenters. The molecular formula is C15H15N3O2. The number of carboxylic acid groups (broad SMARTS) is 1. The summed E-state index contributed by atoms with van der Waals surface area (Å²) in [5, 5.41) is 8.71. The molecule has 2 aromatic rings. The summed E-state index contributed by atoms with van der Waals surface area (Å²) in [5.41, 5.74) is 1.88. The van der Waals surface area contributed by atoms with Crippen molar-refractivity contribution < 1.29 is 9.90 Å². The molecule has 0 bridgehead atoms. The second-order valence-corrected chi connectivity index (χ2v) is 4.30. The molecule has 0 saturated heterocycles. The van der Waals surface area contributed by atoms with Crippen molar-refractivity contribution in [3.8, 4) is 0 Å². The Balaban J connectivity index is 2.21. The monoisotopic (exact) mass is 269 g/mol. The third kappa shape index (κ3) is 3.65. The maximum Gasteiger partial charge on any atom is 0.328 e. The van der Waals surface area contributed by atoms with Crippen molar-refractivity contribution in [3.63, 3.8) is 0 Å². The summed E-state index contributed by atoms with van der Waals surface area (Å²) in [4.78, 5) is 20.9. The van der Waals surface area contributed by atoms with E-state index < -0.39 is 5.97 Å². The van der Waals surface area contributed by atoms with Gasteiger partial charge in [0.2, 0.25) is 0 Å². The molecule has 0 aliphatic carbocycles. The lowest BCUT2D eigenvalue weighted by molar-refractivity contribution is -0.131. The lowest BCUT2D eigenvalue weighted by Gasteiger charge is -2.20. The van der Waals surface area contributed by atoms with Crippen molar-refractivity contribution in [1.82, 2.24) is 9.97 Å². The van der Waals surface area contributed by atoms with Crippen LogP contribution in [0.15, 0.2) is 48.9 Å². The highest BCUT2D eigenvalue weighted by molar-refractivity contribution is 5.86. The van der Waals surface area contributed by atoms with Gasteiger partial charge in [-0.15, -0.1) is 0 Å². The van der Waals surface area contributed by atoms with E-state index in [9.17, 15) is 4.79 Å². The van der Waals surface area contributed by atoms with E-state index in [0.717, 1.165) is 23.0 Å². The second kappa shape index (κ2) is 6.47. The summed E-state index contributed by atoms with van der Waals surface area (Å²) in [6, 6.07) is 7.49. The molecule has 0 aliphatic rings. The first-order valence-corrected chi connectivity index (χ1v) is 6.13. The maximum atomic E-state index is 10.6. The zero-order valence-corrected chi connectivity index (χ0v) is 11.1. The molecule has 0 spiro atoms. The number of rotatable bonds is 5. The minimum absolute atomic E-state index is 0.674. The largest absolute Gasteiger partial charge is 0.478 e. The smallest absolute Gasteiger partial charge is 0.328 e. The summed E-state index contributed by atoms with van der Waals surface area (Å²) in [7, 11) is 1.92. The van der Waals surface area contributed by atoms with Gasteiger partial charge in [-0.2, -0.15) is 0 Å². The van der Waals surface area contributed by atoms with Crippen molar-refractivity contribution in [2.45, 2.75) is 6.54 Å². The Hall–Kier alpha value is -2.69. The summed E-state index contributed by atoms with van der Waals surface area (Å²) < 4.78 is 0. The third-order valence-electron chi connectivity index (χ3n) is 2.75. The molecule has 0 unspecified atom stereocenters. The molecule has 2 heterocycles. The molecule has 0 fully saturated rings. The van der Waals surface area contributed by atoms with Crippen LogP contribution < -0.4 is 4.90 Å². The maximum absolute atomic E-state index is 10.6. The highest BCUT2D eigenvalue weighted by Crippen LogP contribution is 2.19. The number of anilines is 1. The molecule has 2 rings (SSSR count). The van der Waals surface area contributed by atoms with E-state index in [0.29, 0.717) is 6.54 Å². The van der Waals surface area contributed by atoms with Crippen LogP contribution in [0.3, 0.4) is 0 Å². The number of pyridine rings is 2. The summed E-state index contributed by atoms with van der Waals surface area (Å²) >= 11 is 0. The van der Waals surface area contributed by atoms with Gasteiger partial charge in [0.05, 0.1) is 0 Å². The van der Waals surface area contributed by atoms with Gasteiger partial charge in [-0.05, 0) is 35.9 Å². The number of carboxylic acids is 1. The van der Waals surface area contributed by atoms with Crippen LogP contribution in [-0.2, 0) is 11.3 Å². The summed E-state index contributed by atoms with van der Waals surface area (Å²) in [5.74, 6) is -0.238. The highest BCUT2D eigenvalue weighted by atomic mass is 16.4. The van der Waals surface area contributed by atoms with Gasteiger partial charge in [0.25, 0.3) is 0 Å². The van der Waals surface area contributed by atoms with Crippen molar-refractivity contribution in [1.29, 1.82) is 0 Å². The van der Waals surface area contributed by atoms with Gasteiger partial charge in [-0.3, -0.25) is 4.98 Å². The minimum Gasteiger partial charge on any atom is -0.478 e. The summed E-state index contributed by atoms with van der Waals surface area (Å²) in [6.45, 7) is 0.674. The average molecular weight is 269 g/mol. The molecule has 20 heavy (non-hydrogen) atoms. The first-order valence-electron chi connectivity index (χ1n) is 6.13. The van der Waals surface area contributed by atoms with E-state index in [2.05, 4.69) is 9.97 Å². The molecule has 0 saturated carbocycles. The third-order valence-corrected chi connectivity index (χ3v) is 2.75. The van der Waals surface area contributed by atoms with Crippen LogP contribution in [0.2, 0.25) is 0 Å². The molecule has 0 aliphatic heterocycles. The van der Waals surface area contributed by atoms with Crippen molar-refractivity contribution >= 4 is 17.9 Å². The Morgan fingerprint density at radius 1 is 1.30 bits per heavy atom. The first-order chi connectivity index (χ1) is 9.66. The van der Waals surface area contributed by atoms with Gasteiger partial charge in [0, 0.05) is 43.8 Å². The van der Waals surface area contributed by atoms with Crippen LogP contribution in [0.25, 0.3) is 6.08 Å². The van der Waals surface area contributed by atoms with E-state index in [-0.39, 0.29) is 0 Å². The molecule has 0 amide bonds. The Morgan fingerprint density at radius 3 is 2.75 bits per heavy atom. The lowest BCUT2D eigenvalue weighted by Crippen LogP contribution is -2.18. The predicted octanol–water partition coefficient (Wildman–Crippen LogP) is 2.21. The van der Waals surface area contributed by atoms with Crippen molar-refractivity contribution in [2.75, 3.05) is 11.9 Å². The molecule has 5 heteroatoms. The van der Waals surface area contributed by atoms with Crippen molar-refractivity contribution in [2.24, 2.45) is 0 Å². The van der Waals surface area contributed by atoms with Gasteiger partial charge >= 0.3 is 5.97 Å². The Morgan fingerprint density at radius 2 is 2.05 bits per heavy atom. The minimum atomic E-state index is -0.975. The lowest BCUT2D eigenvalue weighted by atomic mass is 10.2. The quantitative estimate of drug-likeness (QED) is 0.843. The molecule has 2 aromatic heterocycles. The highest BCUT2D eigenvalue weighted by Gasteiger charge is 2.07. The predicted molar refractivity (Wildman–Crippen MR) is 77.3 cm³/mol. The molecule has 0 radical (unpaired) electrons. The summed E-state index contributed by atoms with van der Waals surface area (Å²) in [6.07, 6.45) is 7.84. The fourth-order valence-electron chi connectivity index (χ4n) is 1.86. The SMILES string of the molecule is CN(Cc1ccncc1)c1ncccc1/C=C/C(=O)O. The van der Waals surface area contributed by atoms with Crippen molar-refractivity contribution in [3.05, 3.63) is 60.1 Å². The molecule has 102 valence electrons. The van der Waals surface area contributed by atoms with Gasteiger partial charge < -0.3 is 10.0 Å². The Kier molecular flexibility index (Phi) is 4.44. The molecule has 5 nitrogen and oxygen atoms in total. The van der Waals surface area contributed by atoms with Crippen LogP contribution in [0.1, 0.15) is 11.1 Å². The molecular weight excluding hydrogens is 254 g/mol. The second-order valence-electron chi connectivity index (χ2n) is 4.30. The van der Waals surface area contributed by atoms with Crippen LogP contribution >= 0.6 is 0 Å². The van der Waals surface area contributed by atoms with Crippen LogP contribution in [-0.4, -0.2) is 28.1 Å².